The van der Waals surface area contributed by atoms with Gasteiger partial charge in [0.1, 0.15) is 5.82 Å². The smallest absolute Gasteiger partial charge is 0.147 e. The molecular formula is C18H23N3O2. The molecule has 23 heavy (non-hydrogen) atoms. The Hall–Kier alpha value is -1.72. The Balaban J connectivity index is 1.50. The maximum absolute atomic E-state index is 10.3. The summed E-state index contributed by atoms with van der Waals surface area (Å²) in [5, 5.41) is 10.3. The summed E-state index contributed by atoms with van der Waals surface area (Å²) in [7, 11) is 0. The number of piperidine rings is 1. The second-order valence-electron chi connectivity index (χ2n) is 6.63. The number of fused-ring (bicyclic) bond motifs is 1. The van der Waals surface area contributed by atoms with Crippen LogP contribution in [-0.2, 0) is 4.74 Å². The summed E-state index contributed by atoms with van der Waals surface area (Å²) in [6, 6.07) is 7.95. The highest BCUT2D eigenvalue weighted by Crippen LogP contribution is 2.51. The second-order valence-corrected chi connectivity index (χ2v) is 6.63. The van der Waals surface area contributed by atoms with Crippen LogP contribution in [0.1, 0.15) is 26.2 Å². The maximum atomic E-state index is 10.3. The molecule has 1 aliphatic heterocycles. The van der Waals surface area contributed by atoms with Gasteiger partial charge in [0.25, 0.3) is 0 Å². The van der Waals surface area contributed by atoms with E-state index >= 15 is 0 Å². The SMILES string of the molecule is CCO[C@H]1C[C@@H](O)C12CCN(c1cnc3ccccc3n1)CC2. The quantitative estimate of drug-likeness (QED) is 0.943. The first kappa shape index (κ1) is 14.8. The monoisotopic (exact) mass is 313 g/mol. The van der Waals surface area contributed by atoms with E-state index in [0.29, 0.717) is 0 Å². The lowest BCUT2D eigenvalue weighted by Gasteiger charge is -2.56. The van der Waals surface area contributed by atoms with E-state index in [9.17, 15) is 5.11 Å². The molecule has 1 aromatic heterocycles. The second kappa shape index (κ2) is 5.73. The van der Waals surface area contributed by atoms with Crippen molar-refractivity contribution in [1.29, 1.82) is 0 Å². The van der Waals surface area contributed by atoms with E-state index in [2.05, 4.69) is 9.88 Å². The number of aliphatic hydroxyl groups is 1. The molecule has 0 amide bonds. The van der Waals surface area contributed by atoms with Crippen LogP contribution in [0.2, 0.25) is 0 Å². The van der Waals surface area contributed by atoms with E-state index in [-0.39, 0.29) is 17.6 Å². The van der Waals surface area contributed by atoms with Crippen molar-refractivity contribution in [2.45, 2.75) is 38.4 Å². The van der Waals surface area contributed by atoms with Crippen molar-refractivity contribution >= 4 is 16.9 Å². The van der Waals surface area contributed by atoms with Crippen molar-refractivity contribution in [1.82, 2.24) is 9.97 Å². The Morgan fingerprint density at radius 2 is 2.00 bits per heavy atom. The van der Waals surface area contributed by atoms with Crippen molar-refractivity contribution in [2.24, 2.45) is 5.41 Å². The minimum absolute atomic E-state index is 0.0449. The molecule has 1 aromatic carbocycles. The third-order valence-corrected chi connectivity index (χ3v) is 5.56. The number of nitrogens with zero attached hydrogens (tertiary/aromatic N) is 3. The standard InChI is InChI=1S/C18H23N3O2/c1-2-23-16-11-15(22)18(16)7-9-21(10-8-18)17-12-19-13-5-3-4-6-14(13)20-17/h3-6,12,15-16,22H,2,7-11H2,1H3/t15-,16+/m1/s1. The molecule has 2 aliphatic rings. The fourth-order valence-corrected chi connectivity index (χ4v) is 4.07. The molecule has 2 atom stereocenters. The summed E-state index contributed by atoms with van der Waals surface area (Å²) < 4.78 is 5.83. The number of aliphatic hydroxyl groups excluding tert-OH is 1. The summed E-state index contributed by atoms with van der Waals surface area (Å²) in [6.07, 6.45) is 4.54. The Bertz CT molecular complexity index is 695. The maximum Gasteiger partial charge on any atom is 0.147 e. The molecule has 2 fully saturated rings. The van der Waals surface area contributed by atoms with Crippen molar-refractivity contribution in [2.75, 3.05) is 24.6 Å². The summed E-state index contributed by atoms with van der Waals surface area (Å²) >= 11 is 0. The molecule has 1 spiro atoms. The van der Waals surface area contributed by atoms with Gasteiger partial charge >= 0.3 is 0 Å². The first-order chi connectivity index (χ1) is 11.2. The van der Waals surface area contributed by atoms with Crippen LogP contribution in [0.15, 0.2) is 30.5 Å². The molecule has 5 nitrogen and oxygen atoms in total. The highest BCUT2D eigenvalue weighted by molar-refractivity contribution is 5.75. The Kier molecular flexibility index (Phi) is 3.70. The van der Waals surface area contributed by atoms with Crippen LogP contribution in [0.25, 0.3) is 11.0 Å². The van der Waals surface area contributed by atoms with Crippen LogP contribution in [-0.4, -0.2) is 47.0 Å². The molecule has 1 aliphatic carbocycles. The average molecular weight is 313 g/mol. The first-order valence-corrected chi connectivity index (χ1v) is 8.49. The van der Waals surface area contributed by atoms with Crippen LogP contribution in [0, 0.1) is 5.41 Å². The fraction of sp³-hybridized carbons (Fsp3) is 0.556. The molecular weight excluding hydrogens is 290 g/mol. The van der Waals surface area contributed by atoms with Gasteiger partial charge < -0.3 is 14.7 Å². The summed E-state index contributed by atoms with van der Waals surface area (Å²) in [5.74, 6) is 0.931. The first-order valence-electron chi connectivity index (χ1n) is 8.49. The lowest BCUT2D eigenvalue weighted by molar-refractivity contribution is -0.199. The van der Waals surface area contributed by atoms with E-state index in [0.717, 1.165) is 55.8 Å². The number of ether oxygens (including phenoxy) is 1. The molecule has 5 heteroatoms. The van der Waals surface area contributed by atoms with Crippen LogP contribution in [0.4, 0.5) is 5.82 Å². The number of benzene rings is 1. The highest BCUT2D eigenvalue weighted by Gasteiger charge is 2.56. The molecule has 0 bridgehead atoms. The highest BCUT2D eigenvalue weighted by atomic mass is 16.5. The van der Waals surface area contributed by atoms with Gasteiger partial charge in [-0.1, -0.05) is 12.1 Å². The lowest BCUT2D eigenvalue weighted by atomic mass is 9.58. The predicted octanol–water partition coefficient (Wildman–Crippen LogP) is 2.39. The van der Waals surface area contributed by atoms with Gasteiger partial charge in [0.15, 0.2) is 0 Å². The van der Waals surface area contributed by atoms with Crippen molar-refractivity contribution < 1.29 is 9.84 Å². The number of para-hydroxylation sites is 2. The summed E-state index contributed by atoms with van der Waals surface area (Å²) in [5.41, 5.74) is 1.81. The number of rotatable bonds is 3. The van der Waals surface area contributed by atoms with Gasteiger partial charge in [-0.05, 0) is 31.9 Å². The Labute approximate surface area is 136 Å². The van der Waals surface area contributed by atoms with Gasteiger partial charge in [-0.15, -0.1) is 0 Å². The number of hydrogen-bond acceptors (Lipinski definition) is 5. The lowest BCUT2D eigenvalue weighted by Crippen LogP contribution is -2.62. The minimum Gasteiger partial charge on any atom is -0.392 e. The average Bonchev–Trinajstić information content (AvgIpc) is 2.61. The minimum atomic E-state index is -0.219. The van der Waals surface area contributed by atoms with Crippen LogP contribution >= 0.6 is 0 Å². The molecule has 1 N–H and O–H groups in total. The molecule has 1 saturated heterocycles. The third kappa shape index (κ3) is 2.39. The van der Waals surface area contributed by atoms with Gasteiger partial charge in [0.2, 0.25) is 0 Å². The van der Waals surface area contributed by atoms with Crippen molar-refractivity contribution in [3.8, 4) is 0 Å². The van der Waals surface area contributed by atoms with Gasteiger partial charge in [-0.25, -0.2) is 4.98 Å². The van der Waals surface area contributed by atoms with Gasteiger partial charge in [0.05, 0.1) is 29.4 Å². The van der Waals surface area contributed by atoms with Crippen molar-refractivity contribution in [3.63, 3.8) is 0 Å². The van der Waals surface area contributed by atoms with Crippen LogP contribution < -0.4 is 4.90 Å². The normalized spacial score (nSPS) is 26.4. The topological polar surface area (TPSA) is 58.5 Å². The molecule has 4 rings (SSSR count). The van der Waals surface area contributed by atoms with E-state index in [1.165, 1.54) is 0 Å². The zero-order valence-electron chi connectivity index (χ0n) is 13.5. The van der Waals surface area contributed by atoms with Crippen molar-refractivity contribution in [3.05, 3.63) is 30.5 Å². The Morgan fingerprint density at radius 1 is 1.26 bits per heavy atom. The zero-order chi connectivity index (χ0) is 15.9. The van der Waals surface area contributed by atoms with E-state index in [1.807, 2.05) is 37.4 Å². The van der Waals surface area contributed by atoms with E-state index in [4.69, 9.17) is 9.72 Å². The molecule has 2 aromatic rings. The molecule has 2 heterocycles. The molecule has 0 radical (unpaired) electrons. The fourth-order valence-electron chi connectivity index (χ4n) is 4.07. The largest absolute Gasteiger partial charge is 0.392 e. The Morgan fingerprint density at radius 3 is 2.70 bits per heavy atom. The van der Waals surface area contributed by atoms with Gasteiger partial charge in [-0.2, -0.15) is 0 Å². The van der Waals surface area contributed by atoms with Crippen LogP contribution in [0.3, 0.4) is 0 Å². The zero-order valence-corrected chi connectivity index (χ0v) is 13.5. The molecule has 0 unspecified atom stereocenters. The number of anilines is 1. The van der Waals surface area contributed by atoms with Crippen LogP contribution in [0.5, 0.6) is 0 Å². The van der Waals surface area contributed by atoms with Gasteiger partial charge in [-0.3, -0.25) is 4.98 Å². The van der Waals surface area contributed by atoms with E-state index < -0.39 is 0 Å². The van der Waals surface area contributed by atoms with E-state index in [1.54, 1.807) is 0 Å². The molecule has 1 saturated carbocycles. The number of hydrogen-bond donors (Lipinski definition) is 1. The summed E-state index contributed by atoms with van der Waals surface area (Å²) in [6.45, 7) is 4.54. The summed E-state index contributed by atoms with van der Waals surface area (Å²) in [4.78, 5) is 11.5. The third-order valence-electron chi connectivity index (χ3n) is 5.56. The van der Waals surface area contributed by atoms with Gasteiger partial charge in [0, 0.05) is 31.5 Å². The number of aromatic nitrogens is 2. The molecule has 122 valence electrons. The predicted molar refractivity (Wildman–Crippen MR) is 89.5 cm³/mol.